The Balaban J connectivity index is 2.07. The van der Waals surface area contributed by atoms with Gasteiger partial charge in [-0.05, 0) is 43.7 Å². The molecular formula is C16H20FNO2. The van der Waals surface area contributed by atoms with Crippen LogP contribution in [0.25, 0.3) is 0 Å². The van der Waals surface area contributed by atoms with Crippen LogP contribution in [0.5, 0.6) is 0 Å². The molecule has 2 rings (SSSR count). The zero-order chi connectivity index (χ0) is 14.6. The van der Waals surface area contributed by atoms with Crippen molar-refractivity contribution in [2.75, 3.05) is 6.54 Å². The Kier molecular flexibility index (Phi) is 4.57. The minimum atomic E-state index is -0.799. The molecule has 1 aromatic carbocycles. The average molecular weight is 277 g/mol. The highest BCUT2D eigenvalue weighted by molar-refractivity contribution is 5.16. The highest BCUT2D eigenvalue weighted by Crippen LogP contribution is 2.15. The first-order valence-electron chi connectivity index (χ1n) is 6.64. The van der Waals surface area contributed by atoms with E-state index in [-0.39, 0.29) is 5.82 Å². The van der Waals surface area contributed by atoms with Crippen LogP contribution in [0.15, 0.2) is 47.1 Å². The second-order valence-electron chi connectivity index (χ2n) is 5.66. The summed E-state index contributed by atoms with van der Waals surface area (Å²) in [6.45, 7) is 5.28. The summed E-state index contributed by atoms with van der Waals surface area (Å²) in [7, 11) is 0. The van der Waals surface area contributed by atoms with Crippen LogP contribution in [-0.4, -0.2) is 22.2 Å². The van der Waals surface area contributed by atoms with Gasteiger partial charge in [-0.15, -0.1) is 0 Å². The van der Waals surface area contributed by atoms with E-state index in [0.717, 1.165) is 11.3 Å². The molecule has 0 saturated heterocycles. The van der Waals surface area contributed by atoms with Crippen molar-refractivity contribution in [3.8, 4) is 0 Å². The minimum absolute atomic E-state index is 0.242. The molecule has 0 unspecified atom stereocenters. The van der Waals surface area contributed by atoms with Crippen LogP contribution in [-0.2, 0) is 13.1 Å². The van der Waals surface area contributed by atoms with Crippen molar-refractivity contribution in [3.63, 3.8) is 0 Å². The molecule has 4 heteroatoms. The number of benzene rings is 1. The first kappa shape index (κ1) is 14.8. The van der Waals surface area contributed by atoms with Crippen LogP contribution >= 0.6 is 0 Å². The summed E-state index contributed by atoms with van der Waals surface area (Å²) in [6.07, 6.45) is 1.63. The summed E-state index contributed by atoms with van der Waals surface area (Å²) in [6, 6.07) is 10.2. The molecule has 0 atom stereocenters. The molecule has 1 aromatic heterocycles. The molecule has 0 spiro atoms. The van der Waals surface area contributed by atoms with Crippen LogP contribution in [0.2, 0.25) is 0 Å². The van der Waals surface area contributed by atoms with E-state index in [9.17, 15) is 9.50 Å². The summed E-state index contributed by atoms with van der Waals surface area (Å²) in [5, 5.41) is 10.0. The lowest BCUT2D eigenvalue weighted by Gasteiger charge is -2.28. The molecule has 1 N–H and O–H groups in total. The number of furan rings is 1. The molecular weight excluding hydrogens is 257 g/mol. The van der Waals surface area contributed by atoms with Gasteiger partial charge < -0.3 is 9.52 Å². The average Bonchev–Trinajstić information content (AvgIpc) is 2.83. The lowest BCUT2D eigenvalue weighted by Crippen LogP contribution is -2.37. The smallest absolute Gasteiger partial charge is 0.123 e. The maximum Gasteiger partial charge on any atom is 0.123 e. The third-order valence-corrected chi connectivity index (χ3v) is 2.89. The SMILES string of the molecule is CC(C)(O)CN(Cc1ccc(F)cc1)Cc1ccco1. The van der Waals surface area contributed by atoms with E-state index in [1.165, 1.54) is 12.1 Å². The second-order valence-corrected chi connectivity index (χ2v) is 5.66. The number of nitrogens with zero attached hydrogens (tertiary/aromatic N) is 1. The van der Waals surface area contributed by atoms with Gasteiger partial charge in [0.25, 0.3) is 0 Å². The number of aliphatic hydroxyl groups is 1. The van der Waals surface area contributed by atoms with E-state index in [1.807, 2.05) is 12.1 Å². The molecule has 0 bridgehead atoms. The van der Waals surface area contributed by atoms with Crippen molar-refractivity contribution in [2.45, 2.75) is 32.5 Å². The Bertz CT molecular complexity index is 514. The number of hydrogen-bond donors (Lipinski definition) is 1. The summed E-state index contributed by atoms with van der Waals surface area (Å²) >= 11 is 0. The van der Waals surface area contributed by atoms with Gasteiger partial charge >= 0.3 is 0 Å². The molecule has 0 aliphatic heterocycles. The number of rotatable bonds is 6. The Hall–Kier alpha value is -1.65. The van der Waals surface area contributed by atoms with Gasteiger partial charge in [0.1, 0.15) is 11.6 Å². The fourth-order valence-corrected chi connectivity index (χ4v) is 2.19. The van der Waals surface area contributed by atoms with Gasteiger partial charge in [-0.2, -0.15) is 0 Å². The quantitative estimate of drug-likeness (QED) is 0.881. The van der Waals surface area contributed by atoms with Gasteiger partial charge in [0, 0.05) is 13.1 Å². The van der Waals surface area contributed by atoms with E-state index in [1.54, 1.807) is 32.2 Å². The van der Waals surface area contributed by atoms with E-state index in [0.29, 0.717) is 19.6 Å². The zero-order valence-electron chi connectivity index (χ0n) is 11.8. The standard InChI is InChI=1S/C16H20FNO2/c1-16(2,19)12-18(11-15-4-3-9-20-15)10-13-5-7-14(17)8-6-13/h3-9,19H,10-12H2,1-2H3. The second kappa shape index (κ2) is 6.20. The van der Waals surface area contributed by atoms with E-state index < -0.39 is 5.60 Å². The highest BCUT2D eigenvalue weighted by Gasteiger charge is 2.19. The Morgan fingerprint density at radius 2 is 1.85 bits per heavy atom. The molecule has 1 heterocycles. The van der Waals surface area contributed by atoms with Crippen LogP contribution < -0.4 is 0 Å². The van der Waals surface area contributed by atoms with Gasteiger partial charge in [0.15, 0.2) is 0 Å². The largest absolute Gasteiger partial charge is 0.468 e. The predicted molar refractivity (Wildman–Crippen MR) is 75.5 cm³/mol. The molecule has 0 fully saturated rings. The Labute approximate surface area is 118 Å². The summed E-state index contributed by atoms with van der Waals surface area (Å²) in [4.78, 5) is 2.08. The monoisotopic (exact) mass is 277 g/mol. The third-order valence-electron chi connectivity index (χ3n) is 2.89. The molecule has 108 valence electrons. The molecule has 3 nitrogen and oxygen atoms in total. The van der Waals surface area contributed by atoms with Crippen molar-refractivity contribution in [1.82, 2.24) is 4.90 Å². The lowest BCUT2D eigenvalue weighted by molar-refractivity contribution is 0.0285. The fraction of sp³-hybridized carbons (Fsp3) is 0.375. The Morgan fingerprint density at radius 3 is 2.40 bits per heavy atom. The first-order chi connectivity index (χ1) is 9.42. The van der Waals surface area contributed by atoms with Crippen molar-refractivity contribution >= 4 is 0 Å². The van der Waals surface area contributed by atoms with E-state index in [4.69, 9.17) is 4.42 Å². The maximum atomic E-state index is 12.9. The lowest BCUT2D eigenvalue weighted by atomic mass is 10.1. The topological polar surface area (TPSA) is 36.6 Å². The summed E-state index contributed by atoms with van der Waals surface area (Å²) < 4.78 is 18.3. The molecule has 2 aromatic rings. The first-order valence-corrected chi connectivity index (χ1v) is 6.64. The van der Waals surface area contributed by atoms with E-state index in [2.05, 4.69) is 4.90 Å². The third kappa shape index (κ3) is 4.79. The predicted octanol–water partition coefficient (Wildman–Crippen LogP) is 3.19. The molecule has 20 heavy (non-hydrogen) atoms. The van der Waals surface area contributed by atoms with Crippen LogP contribution in [0, 0.1) is 5.82 Å². The normalized spacial score (nSPS) is 12.1. The van der Waals surface area contributed by atoms with Crippen molar-refractivity contribution in [1.29, 1.82) is 0 Å². The molecule has 0 amide bonds. The van der Waals surface area contributed by atoms with Gasteiger partial charge in [0.2, 0.25) is 0 Å². The van der Waals surface area contributed by atoms with Gasteiger partial charge in [-0.25, -0.2) is 4.39 Å². The molecule has 0 saturated carbocycles. The maximum absolute atomic E-state index is 12.9. The summed E-state index contributed by atoms with van der Waals surface area (Å²) in [5.74, 6) is 0.602. The minimum Gasteiger partial charge on any atom is -0.468 e. The number of hydrogen-bond acceptors (Lipinski definition) is 3. The number of halogens is 1. The molecule has 0 aliphatic carbocycles. The fourth-order valence-electron chi connectivity index (χ4n) is 2.19. The van der Waals surface area contributed by atoms with E-state index >= 15 is 0 Å². The molecule has 0 aliphatic rings. The molecule has 0 radical (unpaired) electrons. The van der Waals surface area contributed by atoms with Gasteiger partial charge in [0.05, 0.1) is 18.4 Å². The van der Waals surface area contributed by atoms with Crippen LogP contribution in [0.4, 0.5) is 4.39 Å². The highest BCUT2D eigenvalue weighted by atomic mass is 19.1. The van der Waals surface area contributed by atoms with Crippen molar-refractivity contribution < 1.29 is 13.9 Å². The van der Waals surface area contributed by atoms with Crippen molar-refractivity contribution in [2.24, 2.45) is 0 Å². The zero-order valence-corrected chi connectivity index (χ0v) is 11.8. The Morgan fingerprint density at radius 1 is 1.15 bits per heavy atom. The van der Waals surface area contributed by atoms with Crippen molar-refractivity contribution in [3.05, 3.63) is 59.8 Å². The van der Waals surface area contributed by atoms with Gasteiger partial charge in [-0.1, -0.05) is 12.1 Å². The van der Waals surface area contributed by atoms with Crippen LogP contribution in [0.1, 0.15) is 25.2 Å². The van der Waals surface area contributed by atoms with Crippen LogP contribution in [0.3, 0.4) is 0 Å². The van der Waals surface area contributed by atoms with Gasteiger partial charge in [-0.3, -0.25) is 4.90 Å². The summed E-state index contributed by atoms with van der Waals surface area (Å²) in [5.41, 5.74) is 0.203.